The Balaban J connectivity index is 3.47. The highest BCUT2D eigenvalue weighted by atomic mass is 15.1. The van der Waals surface area contributed by atoms with Crippen molar-refractivity contribution in [2.24, 2.45) is 0 Å². The molecule has 0 saturated heterocycles. The second-order valence-corrected chi connectivity index (χ2v) is 3.32. The van der Waals surface area contributed by atoms with Crippen molar-refractivity contribution in [1.82, 2.24) is 10.2 Å². The summed E-state index contributed by atoms with van der Waals surface area (Å²) in [6.07, 6.45) is 2.59. The van der Waals surface area contributed by atoms with Gasteiger partial charge in [0.25, 0.3) is 0 Å². The van der Waals surface area contributed by atoms with E-state index in [-0.39, 0.29) is 0 Å². The summed E-state index contributed by atoms with van der Waals surface area (Å²) < 4.78 is 0. The number of hydrogen-bond acceptors (Lipinski definition) is 2. The van der Waals surface area contributed by atoms with Gasteiger partial charge in [0.15, 0.2) is 0 Å². The zero-order chi connectivity index (χ0) is 9.40. The maximum atomic E-state index is 3.18. The number of rotatable bonds is 7. The van der Waals surface area contributed by atoms with Crippen molar-refractivity contribution in [2.45, 2.75) is 39.7 Å². The van der Waals surface area contributed by atoms with Crippen molar-refractivity contribution in [1.29, 1.82) is 0 Å². The van der Waals surface area contributed by atoms with E-state index >= 15 is 0 Å². The summed E-state index contributed by atoms with van der Waals surface area (Å²) in [5.41, 5.74) is 0. The summed E-state index contributed by atoms with van der Waals surface area (Å²) in [5.74, 6) is 0. The molecule has 0 saturated carbocycles. The fraction of sp³-hybridized carbons (Fsp3) is 1.00. The number of hydrogen-bond donors (Lipinski definition) is 1. The van der Waals surface area contributed by atoms with Gasteiger partial charge >= 0.3 is 0 Å². The average molecular weight is 172 g/mol. The van der Waals surface area contributed by atoms with Crippen LogP contribution in [0, 0.1) is 0 Å². The Bertz CT molecular complexity index is 89.8. The Labute approximate surface area is 77.3 Å². The molecule has 12 heavy (non-hydrogen) atoms. The lowest BCUT2D eigenvalue weighted by Crippen LogP contribution is -2.33. The minimum atomic E-state index is 0.744. The van der Waals surface area contributed by atoms with Crippen molar-refractivity contribution >= 4 is 0 Å². The van der Waals surface area contributed by atoms with Crippen LogP contribution < -0.4 is 5.32 Å². The van der Waals surface area contributed by atoms with Gasteiger partial charge in [-0.15, -0.1) is 0 Å². The topological polar surface area (TPSA) is 15.3 Å². The maximum Gasteiger partial charge on any atom is 0.00671 e. The fourth-order valence-electron chi connectivity index (χ4n) is 1.60. The lowest BCUT2D eigenvalue weighted by Gasteiger charge is -2.26. The van der Waals surface area contributed by atoms with Gasteiger partial charge in [-0.2, -0.15) is 0 Å². The summed E-state index contributed by atoms with van der Waals surface area (Å²) in [5, 5.41) is 3.18. The van der Waals surface area contributed by atoms with Crippen LogP contribution in [0.25, 0.3) is 0 Å². The van der Waals surface area contributed by atoms with Crippen LogP contribution in [0.5, 0.6) is 0 Å². The van der Waals surface area contributed by atoms with Crippen molar-refractivity contribution in [2.75, 3.05) is 26.7 Å². The minimum absolute atomic E-state index is 0.744. The zero-order valence-corrected chi connectivity index (χ0v) is 9.06. The molecule has 0 aliphatic rings. The standard InChI is InChI=1S/C10H24N2/c1-5-12(6-2)10(3)8-7-9-11-4/h10-11H,5-9H2,1-4H3. The first-order chi connectivity index (χ1) is 5.76. The molecule has 1 N–H and O–H groups in total. The molecule has 0 spiro atoms. The van der Waals surface area contributed by atoms with Crippen molar-refractivity contribution in [3.05, 3.63) is 0 Å². The van der Waals surface area contributed by atoms with E-state index in [0.717, 1.165) is 12.6 Å². The molecule has 0 aromatic rings. The van der Waals surface area contributed by atoms with Gasteiger partial charge in [0.05, 0.1) is 0 Å². The summed E-state index contributed by atoms with van der Waals surface area (Å²) in [7, 11) is 2.02. The summed E-state index contributed by atoms with van der Waals surface area (Å²) in [6, 6.07) is 0.744. The molecule has 1 atom stereocenters. The van der Waals surface area contributed by atoms with Crippen LogP contribution in [0.4, 0.5) is 0 Å². The monoisotopic (exact) mass is 172 g/mol. The molecule has 0 rings (SSSR count). The lowest BCUT2D eigenvalue weighted by molar-refractivity contribution is 0.218. The Hall–Kier alpha value is -0.0800. The van der Waals surface area contributed by atoms with E-state index in [1.165, 1.54) is 25.9 Å². The quantitative estimate of drug-likeness (QED) is 0.588. The predicted molar refractivity (Wildman–Crippen MR) is 55.5 cm³/mol. The summed E-state index contributed by atoms with van der Waals surface area (Å²) in [6.45, 7) is 10.3. The van der Waals surface area contributed by atoms with Gasteiger partial charge in [0, 0.05) is 6.04 Å². The van der Waals surface area contributed by atoms with Gasteiger partial charge in [-0.3, -0.25) is 0 Å². The minimum Gasteiger partial charge on any atom is -0.320 e. The molecule has 0 aliphatic carbocycles. The van der Waals surface area contributed by atoms with E-state index < -0.39 is 0 Å². The fourth-order valence-corrected chi connectivity index (χ4v) is 1.60. The zero-order valence-electron chi connectivity index (χ0n) is 9.06. The van der Waals surface area contributed by atoms with E-state index in [1.54, 1.807) is 0 Å². The average Bonchev–Trinajstić information content (AvgIpc) is 2.07. The maximum absolute atomic E-state index is 3.18. The molecule has 0 fully saturated rings. The Morgan fingerprint density at radius 2 is 1.83 bits per heavy atom. The number of nitrogens with one attached hydrogen (secondary N) is 1. The van der Waals surface area contributed by atoms with E-state index in [0.29, 0.717) is 0 Å². The van der Waals surface area contributed by atoms with Crippen molar-refractivity contribution in [3.8, 4) is 0 Å². The molecule has 74 valence electrons. The van der Waals surface area contributed by atoms with Crippen LogP contribution in [0.2, 0.25) is 0 Å². The van der Waals surface area contributed by atoms with E-state index in [1.807, 2.05) is 7.05 Å². The van der Waals surface area contributed by atoms with Crippen LogP contribution in [0.15, 0.2) is 0 Å². The Morgan fingerprint density at radius 3 is 2.25 bits per heavy atom. The first kappa shape index (κ1) is 11.9. The van der Waals surface area contributed by atoms with Gasteiger partial charge in [-0.25, -0.2) is 0 Å². The second kappa shape index (κ2) is 7.56. The molecular formula is C10H24N2. The van der Waals surface area contributed by atoms with Crippen LogP contribution in [-0.2, 0) is 0 Å². The van der Waals surface area contributed by atoms with Gasteiger partial charge < -0.3 is 10.2 Å². The van der Waals surface area contributed by atoms with E-state index in [9.17, 15) is 0 Å². The smallest absolute Gasteiger partial charge is 0.00671 e. The van der Waals surface area contributed by atoms with Gasteiger partial charge in [0.2, 0.25) is 0 Å². The van der Waals surface area contributed by atoms with Gasteiger partial charge in [-0.1, -0.05) is 13.8 Å². The molecule has 2 heteroatoms. The highest BCUT2D eigenvalue weighted by molar-refractivity contribution is 4.64. The summed E-state index contributed by atoms with van der Waals surface area (Å²) >= 11 is 0. The van der Waals surface area contributed by atoms with Gasteiger partial charge in [0.1, 0.15) is 0 Å². The molecule has 0 aliphatic heterocycles. The van der Waals surface area contributed by atoms with E-state index in [4.69, 9.17) is 0 Å². The first-order valence-corrected chi connectivity index (χ1v) is 5.14. The molecule has 1 unspecified atom stereocenters. The van der Waals surface area contributed by atoms with Crippen LogP contribution in [-0.4, -0.2) is 37.6 Å². The highest BCUT2D eigenvalue weighted by Gasteiger charge is 2.08. The Kier molecular flexibility index (Phi) is 7.51. The predicted octanol–water partition coefficient (Wildman–Crippen LogP) is 1.72. The van der Waals surface area contributed by atoms with Crippen molar-refractivity contribution in [3.63, 3.8) is 0 Å². The molecule has 0 aromatic heterocycles. The lowest BCUT2D eigenvalue weighted by atomic mass is 10.1. The number of nitrogens with zero attached hydrogens (tertiary/aromatic N) is 1. The first-order valence-electron chi connectivity index (χ1n) is 5.14. The molecular weight excluding hydrogens is 148 g/mol. The molecule has 0 aromatic carbocycles. The SMILES string of the molecule is CCN(CC)C(C)CCCNC. The summed E-state index contributed by atoms with van der Waals surface area (Å²) in [4.78, 5) is 2.51. The molecule has 2 nitrogen and oxygen atoms in total. The van der Waals surface area contributed by atoms with Gasteiger partial charge in [-0.05, 0) is 46.4 Å². The van der Waals surface area contributed by atoms with Crippen LogP contribution >= 0.6 is 0 Å². The third-order valence-corrected chi connectivity index (χ3v) is 2.48. The normalized spacial score (nSPS) is 13.8. The van der Waals surface area contributed by atoms with Crippen LogP contribution in [0.1, 0.15) is 33.6 Å². The third kappa shape index (κ3) is 4.73. The molecule has 0 heterocycles. The molecule has 0 amide bonds. The second-order valence-electron chi connectivity index (χ2n) is 3.32. The molecule has 0 bridgehead atoms. The highest BCUT2D eigenvalue weighted by Crippen LogP contribution is 2.04. The largest absolute Gasteiger partial charge is 0.320 e. The Morgan fingerprint density at radius 1 is 1.25 bits per heavy atom. The van der Waals surface area contributed by atoms with E-state index in [2.05, 4.69) is 31.0 Å². The van der Waals surface area contributed by atoms with Crippen LogP contribution in [0.3, 0.4) is 0 Å². The molecule has 0 radical (unpaired) electrons. The van der Waals surface area contributed by atoms with Crippen molar-refractivity contribution < 1.29 is 0 Å². The third-order valence-electron chi connectivity index (χ3n) is 2.48.